The zero-order chi connectivity index (χ0) is 22.1. The lowest BCUT2D eigenvalue weighted by atomic mass is 10.0. The van der Waals surface area contributed by atoms with Crippen molar-refractivity contribution in [3.8, 4) is 0 Å². The molecule has 166 valence electrons. The van der Waals surface area contributed by atoms with Crippen LogP contribution in [0.25, 0.3) is 21.8 Å². The highest BCUT2D eigenvalue weighted by Crippen LogP contribution is 2.27. The lowest BCUT2D eigenvalue weighted by Crippen LogP contribution is -2.50. The number of piperidine rings is 1. The second kappa shape index (κ2) is 8.98. The van der Waals surface area contributed by atoms with Gasteiger partial charge in [-0.15, -0.1) is 0 Å². The number of hydrogen-bond acceptors (Lipinski definition) is 3. The van der Waals surface area contributed by atoms with Crippen molar-refractivity contribution in [1.82, 2.24) is 20.2 Å². The van der Waals surface area contributed by atoms with E-state index >= 15 is 0 Å². The Morgan fingerprint density at radius 3 is 2.66 bits per heavy atom. The van der Waals surface area contributed by atoms with Crippen molar-refractivity contribution >= 4 is 39.3 Å². The molecule has 4 aromatic rings. The third kappa shape index (κ3) is 4.26. The Hall–Kier alpha value is -2.80. The molecule has 2 aromatic carbocycles. The van der Waals surface area contributed by atoms with E-state index in [2.05, 4.69) is 32.3 Å². The minimum Gasteiger partial charge on any atom is -0.361 e. The van der Waals surface area contributed by atoms with Crippen LogP contribution >= 0.6 is 11.6 Å². The number of halogens is 1. The number of aromatic nitrogens is 2. The first-order valence-electron chi connectivity index (χ1n) is 11.2. The first kappa shape index (κ1) is 21.1. The van der Waals surface area contributed by atoms with Crippen molar-refractivity contribution in [2.75, 3.05) is 13.1 Å². The second-order valence-electron chi connectivity index (χ2n) is 8.71. The van der Waals surface area contributed by atoms with Gasteiger partial charge >= 0.3 is 0 Å². The summed E-state index contributed by atoms with van der Waals surface area (Å²) in [5, 5.41) is 6.22. The molecule has 32 heavy (non-hydrogen) atoms. The summed E-state index contributed by atoms with van der Waals surface area (Å²) in [6.07, 6.45) is 6.38. The topological polar surface area (TPSA) is 89.9 Å². The van der Waals surface area contributed by atoms with E-state index in [-0.39, 0.29) is 11.9 Å². The van der Waals surface area contributed by atoms with Crippen molar-refractivity contribution in [3.63, 3.8) is 0 Å². The number of likely N-dealkylation sites (tertiary alicyclic amines) is 1. The first-order chi connectivity index (χ1) is 15.6. The highest BCUT2D eigenvalue weighted by Gasteiger charge is 2.24. The van der Waals surface area contributed by atoms with Gasteiger partial charge in [0.25, 0.3) is 0 Å². The van der Waals surface area contributed by atoms with Crippen LogP contribution in [0.2, 0.25) is 5.02 Å². The van der Waals surface area contributed by atoms with Gasteiger partial charge in [0.1, 0.15) is 0 Å². The number of carbonyl (C=O) groups is 1. The minimum atomic E-state index is -0.553. The molecule has 1 saturated heterocycles. The lowest BCUT2D eigenvalue weighted by molar-refractivity contribution is -0.123. The van der Waals surface area contributed by atoms with Crippen molar-refractivity contribution < 1.29 is 4.79 Å². The van der Waals surface area contributed by atoms with Gasteiger partial charge in [-0.1, -0.05) is 41.9 Å². The van der Waals surface area contributed by atoms with Crippen molar-refractivity contribution in [2.24, 2.45) is 5.73 Å². The van der Waals surface area contributed by atoms with E-state index in [1.807, 2.05) is 42.7 Å². The van der Waals surface area contributed by atoms with E-state index in [1.165, 1.54) is 10.9 Å². The third-order valence-corrected chi connectivity index (χ3v) is 6.84. The number of carbonyl (C=O) groups excluding carboxylic acids is 1. The summed E-state index contributed by atoms with van der Waals surface area (Å²) < 4.78 is 0. The summed E-state index contributed by atoms with van der Waals surface area (Å²) in [6.45, 7) is 2.76. The maximum Gasteiger partial charge on any atom is 0.237 e. The van der Waals surface area contributed by atoms with Gasteiger partial charge in [0.2, 0.25) is 5.91 Å². The average molecular weight is 450 g/mol. The summed E-state index contributed by atoms with van der Waals surface area (Å²) in [7, 11) is 0. The molecule has 5 rings (SSSR count). The van der Waals surface area contributed by atoms with Gasteiger partial charge in [0, 0.05) is 54.4 Å². The smallest absolute Gasteiger partial charge is 0.237 e. The molecule has 0 bridgehead atoms. The normalized spacial score (nSPS) is 16.6. The van der Waals surface area contributed by atoms with Gasteiger partial charge in [-0.25, -0.2) is 0 Å². The second-order valence-corrected chi connectivity index (χ2v) is 9.11. The molecule has 1 aliphatic heterocycles. The van der Waals surface area contributed by atoms with Gasteiger partial charge in [-0.2, -0.15) is 0 Å². The predicted octanol–water partition coefficient (Wildman–Crippen LogP) is 3.95. The number of hydrogen-bond donors (Lipinski definition) is 4. The fraction of sp³-hybridized carbons (Fsp3) is 0.320. The molecule has 1 fully saturated rings. The Morgan fingerprint density at radius 2 is 1.81 bits per heavy atom. The van der Waals surface area contributed by atoms with Crippen LogP contribution in [-0.2, 0) is 17.8 Å². The fourth-order valence-corrected chi connectivity index (χ4v) is 4.95. The van der Waals surface area contributed by atoms with E-state index in [9.17, 15) is 4.79 Å². The summed E-state index contributed by atoms with van der Waals surface area (Å²) in [5.74, 6) is -0.0694. The van der Waals surface area contributed by atoms with E-state index < -0.39 is 6.04 Å². The van der Waals surface area contributed by atoms with Crippen LogP contribution in [0.15, 0.2) is 54.9 Å². The Morgan fingerprint density at radius 1 is 1.06 bits per heavy atom. The van der Waals surface area contributed by atoms with E-state index in [4.69, 9.17) is 17.3 Å². The fourth-order valence-electron chi connectivity index (χ4n) is 4.72. The number of benzene rings is 2. The van der Waals surface area contributed by atoms with Crippen molar-refractivity contribution in [2.45, 2.75) is 37.9 Å². The molecule has 5 N–H and O–H groups in total. The van der Waals surface area contributed by atoms with Crippen molar-refractivity contribution in [3.05, 3.63) is 71.0 Å². The summed E-state index contributed by atoms with van der Waals surface area (Å²) in [6, 6.07) is 13.7. The number of nitrogens with two attached hydrogens (primary N) is 1. The highest BCUT2D eigenvalue weighted by molar-refractivity contribution is 6.35. The first-order valence-corrected chi connectivity index (χ1v) is 11.5. The molecular formula is C25H28ClN5O. The Balaban J connectivity index is 1.13. The van der Waals surface area contributed by atoms with Gasteiger partial charge in [0.15, 0.2) is 0 Å². The minimum absolute atomic E-state index is 0.0694. The maximum absolute atomic E-state index is 12.7. The number of nitrogens with one attached hydrogen (secondary N) is 3. The van der Waals surface area contributed by atoms with E-state index in [0.717, 1.165) is 59.5 Å². The van der Waals surface area contributed by atoms with Crippen LogP contribution in [0, 0.1) is 0 Å². The van der Waals surface area contributed by atoms with Crippen LogP contribution in [0.4, 0.5) is 0 Å². The predicted molar refractivity (Wildman–Crippen MR) is 130 cm³/mol. The van der Waals surface area contributed by atoms with E-state index in [0.29, 0.717) is 6.42 Å². The molecule has 2 aromatic heterocycles. The lowest BCUT2D eigenvalue weighted by Gasteiger charge is -2.32. The zero-order valence-corrected chi connectivity index (χ0v) is 18.7. The standard InChI is InChI=1S/C25H28ClN5O/c26-21-6-3-5-20-17(14-29-24(20)21)15-31-10-8-18(9-11-31)30-25(32)22(27)12-16-13-28-23-7-2-1-4-19(16)23/h1-7,13-14,18,22,28-29H,8-12,15,27H2,(H,30,32)/t22-/m0/s1. The summed E-state index contributed by atoms with van der Waals surface area (Å²) >= 11 is 6.28. The number of aromatic amines is 2. The number of nitrogens with zero attached hydrogens (tertiary/aromatic N) is 1. The van der Waals surface area contributed by atoms with Crippen LogP contribution in [-0.4, -0.2) is 45.9 Å². The van der Waals surface area contributed by atoms with Gasteiger partial charge in [-0.3, -0.25) is 9.69 Å². The number of fused-ring (bicyclic) bond motifs is 2. The molecule has 0 saturated carbocycles. The highest BCUT2D eigenvalue weighted by atomic mass is 35.5. The number of rotatable bonds is 6. The zero-order valence-electron chi connectivity index (χ0n) is 17.9. The summed E-state index contributed by atoms with van der Waals surface area (Å²) in [5.41, 5.74) is 10.6. The molecule has 0 spiro atoms. The number of para-hydroxylation sites is 2. The van der Waals surface area contributed by atoms with Crippen LogP contribution < -0.4 is 11.1 Å². The van der Waals surface area contributed by atoms with Gasteiger partial charge < -0.3 is 21.0 Å². The van der Waals surface area contributed by atoms with Crippen molar-refractivity contribution in [1.29, 1.82) is 0 Å². The molecular weight excluding hydrogens is 422 g/mol. The van der Waals surface area contributed by atoms with Crippen LogP contribution in [0.5, 0.6) is 0 Å². The average Bonchev–Trinajstić information content (AvgIpc) is 3.40. The molecule has 1 atom stereocenters. The Kier molecular flexibility index (Phi) is 5.91. The van der Waals surface area contributed by atoms with Gasteiger partial charge in [-0.05, 0) is 42.5 Å². The largest absolute Gasteiger partial charge is 0.361 e. The van der Waals surface area contributed by atoms with Crippen LogP contribution in [0.1, 0.15) is 24.0 Å². The molecule has 1 amide bonds. The Bertz CT molecular complexity index is 1240. The molecule has 1 aliphatic rings. The molecule has 0 unspecified atom stereocenters. The third-order valence-electron chi connectivity index (χ3n) is 6.53. The quantitative estimate of drug-likeness (QED) is 0.359. The number of amides is 1. The van der Waals surface area contributed by atoms with Gasteiger partial charge in [0.05, 0.1) is 16.6 Å². The van der Waals surface area contributed by atoms with E-state index in [1.54, 1.807) is 0 Å². The molecule has 0 aliphatic carbocycles. The molecule has 7 heteroatoms. The number of H-pyrrole nitrogens is 2. The Labute approximate surface area is 192 Å². The monoisotopic (exact) mass is 449 g/mol. The maximum atomic E-state index is 12.7. The SMILES string of the molecule is N[C@@H](Cc1c[nH]c2ccccc12)C(=O)NC1CCN(Cc2c[nH]c3c(Cl)cccc23)CC1. The summed E-state index contributed by atoms with van der Waals surface area (Å²) in [4.78, 5) is 21.7. The molecule has 0 radical (unpaired) electrons. The van der Waals surface area contributed by atoms with Crippen LogP contribution in [0.3, 0.4) is 0 Å². The molecule has 6 nitrogen and oxygen atoms in total. The molecule has 3 heterocycles.